The molecule has 0 radical (unpaired) electrons. The van der Waals surface area contributed by atoms with Crippen LogP contribution < -0.4 is 0 Å². The summed E-state index contributed by atoms with van der Waals surface area (Å²) in [5.41, 5.74) is 3.02. The fraction of sp³-hybridized carbons (Fsp3) is 0.333. The van der Waals surface area contributed by atoms with Crippen LogP contribution in [0.5, 0.6) is 0 Å². The zero-order chi connectivity index (χ0) is 17.5. The summed E-state index contributed by atoms with van der Waals surface area (Å²) in [4.78, 5) is 0. The number of hydrogen-bond acceptors (Lipinski definition) is 0. The summed E-state index contributed by atoms with van der Waals surface area (Å²) in [6.07, 6.45) is 34.8. The van der Waals surface area contributed by atoms with Gasteiger partial charge in [0.15, 0.2) is 0 Å². The summed E-state index contributed by atoms with van der Waals surface area (Å²) in [7, 11) is 0. The van der Waals surface area contributed by atoms with Gasteiger partial charge >= 0.3 is 151 Å². The molecule has 0 amide bonds. The molecule has 0 saturated heterocycles. The van der Waals surface area contributed by atoms with Crippen molar-refractivity contribution in [2.45, 2.75) is 32.6 Å². The van der Waals surface area contributed by atoms with E-state index in [9.17, 15) is 0 Å². The molecule has 0 aromatic carbocycles. The van der Waals surface area contributed by atoms with Crippen LogP contribution in [0.2, 0.25) is 0 Å². The zero-order valence-electron chi connectivity index (χ0n) is 15.1. The molecular weight excluding hydrogens is 493 g/mol. The zero-order valence-corrected chi connectivity index (χ0v) is 19.6. The van der Waals surface area contributed by atoms with Crippen LogP contribution >= 0.6 is 0 Å². The Kier molecular flexibility index (Phi) is 7.09. The Labute approximate surface area is 168 Å². The normalized spacial score (nSPS) is 29.1. The molecule has 25 heavy (non-hydrogen) atoms. The molecule has 3 rings (SSSR count). The second-order valence-electron chi connectivity index (χ2n) is 7.09. The number of hydrogen-bond donors (Lipinski definition) is 0. The molecule has 0 aliphatic heterocycles. The Morgan fingerprint density at radius 3 is 2.64 bits per heavy atom. The van der Waals surface area contributed by atoms with Gasteiger partial charge in [-0.1, -0.05) is 18.2 Å². The summed E-state index contributed by atoms with van der Waals surface area (Å²) < 4.78 is 1.62. The fourth-order valence-electron chi connectivity index (χ4n) is 3.63. The van der Waals surface area contributed by atoms with Gasteiger partial charge in [-0.2, -0.15) is 0 Å². The van der Waals surface area contributed by atoms with Crippen molar-refractivity contribution in [3.05, 3.63) is 93.3 Å². The topological polar surface area (TPSA) is 0 Å². The van der Waals surface area contributed by atoms with Gasteiger partial charge in [0.05, 0.1) is 0 Å². The van der Waals surface area contributed by atoms with Gasteiger partial charge in [0.25, 0.3) is 0 Å². The Bertz CT molecular complexity index is 706. The summed E-state index contributed by atoms with van der Waals surface area (Å²) >= 11 is 0.930. The molecule has 0 spiro atoms. The van der Waals surface area contributed by atoms with E-state index >= 15 is 0 Å². The number of rotatable bonds is 5. The number of allylic oxidation sites excluding steroid dienone is 16. The first-order valence-corrected chi connectivity index (χ1v) is 11.7. The molecule has 1 heteroatoms. The van der Waals surface area contributed by atoms with E-state index in [1.807, 2.05) is 0 Å². The molecule has 0 nitrogen and oxygen atoms in total. The van der Waals surface area contributed by atoms with Gasteiger partial charge in [-0.3, -0.25) is 0 Å². The third-order valence-electron chi connectivity index (χ3n) is 5.21. The van der Waals surface area contributed by atoms with Crippen LogP contribution in [-0.2, 0) is 0 Å². The fourth-order valence-corrected chi connectivity index (χ4v) is 5.03. The van der Waals surface area contributed by atoms with Gasteiger partial charge < -0.3 is 0 Å². The molecule has 3 unspecified atom stereocenters. The first-order chi connectivity index (χ1) is 12.3. The molecule has 3 aliphatic rings. The molecule has 0 aromatic rings. The molecular formula is C24H27Tl. The van der Waals surface area contributed by atoms with Crippen molar-refractivity contribution in [2.75, 3.05) is 0 Å². The van der Waals surface area contributed by atoms with Crippen LogP contribution in [0.4, 0.5) is 0 Å². The third kappa shape index (κ3) is 5.41. The quantitative estimate of drug-likeness (QED) is 0.302. The van der Waals surface area contributed by atoms with Crippen molar-refractivity contribution >= 4 is 25.8 Å². The Morgan fingerprint density at radius 2 is 2.00 bits per heavy atom. The summed E-state index contributed by atoms with van der Waals surface area (Å²) in [5, 5.41) is 0. The van der Waals surface area contributed by atoms with Crippen LogP contribution in [0, 0.1) is 17.8 Å². The van der Waals surface area contributed by atoms with E-state index in [0.29, 0.717) is 17.8 Å². The third-order valence-corrected chi connectivity index (χ3v) is 7.62. The second-order valence-corrected chi connectivity index (χ2v) is 9.68. The van der Waals surface area contributed by atoms with Crippen LogP contribution in [0.25, 0.3) is 0 Å². The van der Waals surface area contributed by atoms with Crippen molar-refractivity contribution in [1.82, 2.24) is 0 Å². The summed E-state index contributed by atoms with van der Waals surface area (Å²) in [5.74, 6) is 1.90. The minimum absolute atomic E-state index is 0.591. The average molecular weight is 520 g/mol. The molecule has 0 bridgehead atoms. The Hall–Kier alpha value is -1.16. The predicted molar refractivity (Wildman–Crippen MR) is 110 cm³/mol. The molecule has 0 N–H and O–H groups in total. The van der Waals surface area contributed by atoms with Crippen molar-refractivity contribution in [3.63, 3.8) is 0 Å². The van der Waals surface area contributed by atoms with E-state index in [1.54, 1.807) is 3.13 Å². The van der Waals surface area contributed by atoms with E-state index in [1.165, 1.54) is 30.4 Å². The van der Waals surface area contributed by atoms with E-state index < -0.39 is 0 Å². The van der Waals surface area contributed by atoms with E-state index in [4.69, 9.17) is 0 Å². The SMILES string of the molecule is C/C=C\C=[C](/[Tl])C1C=CC(CC2C=CC(C3C=CC=CC3)=CC2)=CC1. The van der Waals surface area contributed by atoms with Gasteiger partial charge in [0.1, 0.15) is 0 Å². The standard InChI is InChI=1S/C24H27.Tl/c1-2-3-5-8-20-11-13-21(14-12-20)19-22-15-17-24(18-16-22)23-9-6-4-7-10-23;/h2-7,9,11,13-15,17-18,20,22-23H,10,12,16,19H2,1H3;/b3-2-,8-5?;. The van der Waals surface area contributed by atoms with Crippen molar-refractivity contribution in [3.8, 4) is 0 Å². The predicted octanol–water partition coefficient (Wildman–Crippen LogP) is 6.14. The first-order valence-electron chi connectivity index (χ1n) is 9.43. The molecule has 3 aliphatic carbocycles. The van der Waals surface area contributed by atoms with Gasteiger partial charge in [0.2, 0.25) is 0 Å². The van der Waals surface area contributed by atoms with Gasteiger partial charge in [-0.15, -0.1) is 0 Å². The molecule has 0 aromatic heterocycles. The van der Waals surface area contributed by atoms with Crippen LogP contribution in [0.3, 0.4) is 0 Å². The molecule has 0 saturated carbocycles. The van der Waals surface area contributed by atoms with Crippen molar-refractivity contribution < 1.29 is 0 Å². The average Bonchev–Trinajstić information content (AvgIpc) is 2.68. The minimum atomic E-state index is 0.591. The van der Waals surface area contributed by atoms with E-state index in [0.717, 1.165) is 32.2 Å². The maximum absolute atomic E-state index is 2.47. The monoisotopic (exact) mass is 520 g/mol. The van der Waals surface area contributed by atoms with Crippen molar-refractivity contribution in [1.29, 1.82) is 0 Å². The van der Waals surface area contributed by atoms with Crippen LogP contribution in [-0.4, -0.2) is 25.8 Å². The van der Waals surface area contributed by atoms with E-state index in [2.05, 4.69) is 85.9 Å². The Balaban J connectivity index is 1.50. The summed E-state index contributed by atoms with van der Waals surface area (Å²) in [6, 6.07) is 0. The van der Waals surface area contributed by atoms with Crippen LogP contribution in [0.1, 0.15) is 32.6 Å². The first kappa shape index (κ1) is 18.6. The van der Waals surface area contributed by atoms with Gasteiger partial charge in [-0.05, 0) is 0 Å². The molecule has 0 heterocycles. The van der Waals surface area contributed by atoms with Crippen LogP contribution in [0.15, 0.2) is 93.3 Å². The molecule has 3 atom stereocenters. The van der Waals surface area contributed by atoms with Crippen molar-refractivity contribution in [2.24, 2.45) is 17.8 Å². The van der Waals surface area contributed by atoms with Gasteiger partial charge in [-0.25, -0.2) is 0 Å². The Morgan fingerprint density at radius 1 is 1.08 bits per heavy atom. The van der Waals surface area contributed by atoms with Gasteiger partial charge in [0, 0.05) is 0 Å². The second kappa shape index (κ2) is 9.52. The molecule has 126 valence electrons. The summed E-state index contributed by atoms with van der Waals surface area (Å²) in [6.45, 7) is 2.09. The molecule has 0 fully saturated rings. The van der Waals surface area contributed by atoms with E-state index in [-0.39, 0.29) is 0 Å². The maximum atomic E-state index is 2.47.